The van der Waals surface area contributed by atoms with Crippen molar-refractivity contribution in [3.8, 4) is 0 Å². The lowest BCUT2D eigenvalue weighted by Crippen LogP contribution is -2.47. The van der Waals surface area contributed by atoms with Gasteiger partial charge < -0.3 is 10.2 Å². The standard InChI is InChI=1S/C24H31BrN2O2S/c1-3-4-15-26-24(29)19(2)27(17-20-10-12-22(25)13-11-20)23(28)14-16-30-18-21-8-6-5-7-9-21/h5-13,19H,3-4,14-18H2,1-2H3,(H,26,29)/t19-/m0/s1. The van der Waals surface area contributed by atoms with E-state index >= 15 is 0 Å². The molecule has 2 rings (SSSR count). The molecule has 0 aromatic heterocycles. The summed E-state index contributed by atoms with van der Waals surface area (Å²) in [6.45, 7) is 4.98. The second-order valence-corrected chi connectivity index (χ2v) is 9.28. The Kier molecular flexibility index (Phi) is 11.0. The van der Waals surface area contributed by atoms with E-state index in [4.69, 9.17) is 0 Å². The van der Waals surface area contributed by atoms with E-state index in [1.807, 2.05) is 49.4 Å². The van der Waals surface area contributed by atoms with Gasteiger partial charge in [0.2, 0.25) is 11.8 Å². The van der Waals surface area contributed by atoms with Gasteiger partial charge >= 0.3 is 0 Å². The summed E-state index contributed by atoms with van der Waals surface area (Å²) in [4.78, 5) is 27.3. The molecular formula is C24H31BrN2O2S. The lowest BCUT2D eigenvalue weighted by Gasteiger charge is -2.29. The average Bonchev–Trinajstić information content (AvgIpc) is 2.76. The normalized spacial score (nSPS) is 11.7. The number of rotatable bonds is 12. The Morgan fingerprint density at radius 1 is 1.07 bits per heavy atom. The van der Waals surface area contributed by atoms with Gasteiger partial charge in [-0.15, -0.1) is 0 Å². The van der Waals surface area contributed by atoms with Crippen molar-refractivity contribution >= 4 is 39.5 Å². The summed E-state index contributed by atoms with van der Waals surface area (Å²) in [5, 5.41) is 2.96. The Hall–Kier alpha value is -1.79. The van der Waals surface area contributed by atoms with Gasteiger partial charge in [-0.25, -0.2) is 0 Å². The van der Waals surface area contributed by atoms with Crippen molar-refractivity contribution in [1.82, 2.24) is 10.2 Å². The highest BCUT2D eigenvalue weighted by Gasteiger charge is 2.25. The molecular weight excluding hydrogens is 460 g/mol. The lowest BCUT2D eigenvalue weighted by molar-refractivity contribution is -0.140. The van der Waals surface area contributed by atoms with E-state index in [0.29, 0.717) is 19.5 Å². The molecule has 2 amide bonds. The Balaban J connectivity index is 1.96. The van der Waals surface area contributed by atoms with Crippen LogP contribution in [0.4, 0.5) is 0 Å². The highest BCUT2D eigenvalue weighted by atomic mass is 79.9. The van der Waals surface area contributed by atoms with Gasteiger partial charge in [-0.05, 0) is 36.6 Å². The number of unbranched alkanes of at least 4 members (excludes halogenated alkanes) is 1. The number of nitrogens with zero attached hydrogens (tertiary/aromatic N) is 1. The molecule has 0 unspecified atom stereocenters. The number of carbonyl (C=O) groups is 2. The number of halogens is 1. The van der Waals surface area contributed by atoms with E-state index in [0.717, 1.165) is 34.4 Å². The number of carbonyl (C=O) groups excluding carboxylic acids is 2. The van der Waals surface area contributed by atoms with Gasteiger partial charge in [0.25, 0.3) is 0 Å². The third-order valence-corrected chi connectivity index (χ3v) is 6.39. The molecule has 6 heteroatoms. The fraction of sp³-hybridized carbons (Fsp3) is 0.417. The zero-order valence-corrected chi connectivity index (χ0v) is 20.2. The van der Waals surface area contributed by atoms with Gasteiger partial charge in [-0.1, -0.05) is 71.7 Å². The molecule has 0 fully saturated rings. The van der Waals surface area contributed by atoms with Crippen molar-refractivity contribution in [2.24, 2.45) is 0 Å². The van der Waals surface area contributed by atoms with Crippen LogP contribution in [-0.4, -0.2) is 35.1 Å². The zero-order valence-electron chi connectivity index (χ0n) is 17.8. The SMILES string of the molecule is CCCCNC(=O)[C@H](C)N(Cc1ccc(Br)cc1)C(=O)CCSCc1ccccc1. The van der Waals surface area contributed by atoms with Crippen LogP contribution in [0.25, 0.3) is 0 Å². The smallest absolute Gasteiger partial charge is 0.242 e. The van der Waals surface area contributed by atoms with E-state index in [1.54, 1.807) is 16.7 Å². The van der Waals surface area contributed by atoms with Crippen molar-refractivity contribution in [3.63, 3.8) is 0 Å². The molecule has 1 atom stereocenters. The van der Waals surface area contributed by atoms with Crippen molar-refractivity contribution in [1.29, 1.82) is 0 Å². The van der Waals surface area contributed by atoms with Crippen molar-refractivity contribution in [3.05, 3.63) is 70.2 Å². The zero-order chi connectivity index (χ0) is 21.8. The molecule has 0 spiro atoms. The summed E-state index contributed by atoms with van der Waals surface area (Å²) in [5.41, 5.74) is 2.27. The van der Waals surface area contributed by atoms with E-state index in [1.165, 1.54) is 5.56 Å². The van der Waals surface area contributed by atoms with E-state index in [2.05, 4.69) is 40.3 Å². The van der Waals surface area contributed by atoms with E-state index < -0.39 is 6.04 Å². The highest BCUT2D eigenvalue weighted by Crippen LogP contribution is 2.17. The third-order valence-electron chi connectivity index (χ3n) is 4.83. The highest BCUT2D eigenvalue weighted by molar-refractivity contribution is 9.10. The number of hydrogen-bond donors (Lipinski definition) is 1. The summed E-state index contributed by atoms with van der Waals surface area (Å²) in [5.74, 6) is 1.53. The predicted molar refractivity (Wildman–Crippen MR) is 129 cm³/mol. The van der Waals surface area contributed by atoms with Crippen molar-refractivity contribution in [2.75, 3.05) is 12.3 Å². The molecule has 4 nitrogen and oxygen atoms in total. The van der Waals surface area contributed by atoms with Crippen molar-refractivity contribution in [2.45, 2.75) is 51.4 Å². The number of benzene rings is 2. The van der Waals surface area contributed by atoms with Crippen LogP contribution in [0.15, 0.2) is 59.1 Å². The number of nitrogens with one attached hydrogen (secondary N) is 1. The number of amides is 2. The van der Waals surface area contributed by atoms with E-state index in [9.17, 15) is 9.59 Å². The molecule has 2 aromatic rings. The van der Waals surface area contributed by atoms with Crippen LogP contribution >= 0.6 is 27.7 Å². The van der Waals surface area contributed by atoms with Crippen LogP contribution in [0.3, 0.4) is 0 Å². The molecule has 0 aliphatic heterocycles. The molecule has 2 aromatic carbocycles. The molecule has 0 radical (unpaired) electrons. The largest absolute Gasteiger partial charge is 0.354 e. The summed E-state index contributed by atoms with van der Waals surface area (Å²) in [7, 11) is 0. The maximum absolute atomic E-state index is 13.0. The van der Waals surface area contributed by atoms with Gasteiger partial charge in [-0.3, -0.25) is 9.59 Å². The molecule has 30 heavy (non-hydrogen) atoms. The second kappa shape index (κ2) is 13.5. The number of thioether (sulfide) groups is 1. The van der Waals surface area contributed by atoms with Crippen LogP contribution < -0.4 is 5.32 Å². The molecule has 0 saturated carbocycles. The first-order valence-electron chi connectivity index (χ1n) is 10.4. The van der Waals surface area contributed by atoms with Crippen LogP contribution in [0, 0.1) is 0 Å². The predicted octanol–water partition coefficient (Wildman–Crippen LogP) is 5.41. The Morgan fingerprint density at radius 3 is 2.43 bits per heavy atom. The summed E-state index contributed by atoms with van der Waals surface area (Å²) in [6.07, 6.45) is 2.38. The second-order valence-electron chi connectivity index (χ2n) is 7.26. The fourth-order valence-corrected chi connectivity index (χ4v) is 4.13. The first-order chi connectivity index (χ1) is 14.5. The Labute approximate surface area is 192 Å². The number of hydrogen-bond acceptors (Lipinski definition) is 3. The molecule has 0 heterocycles. The Bertz CT molecular complexity index is 784. The summed E-state index contributed by atoms with van der Waals surface area (Å²) < 4.78 is 0.992. The van der Waals surface area contributed by atoms with Gasteiger partial charge in [0.15, 0.2) is 0 Å². The van der Waals surface area contributed by atoms with Gasteiger partial charge in [0.1, 0.15) is 6.04 Å². The maximum atomic E-state index is 13.0. The van der Waals surface area contributed by atoms with Crippen LogP contribution in [0.5, 0.6) is 0 Å². The van der Waals surface area contributed by atoms with Gasteiger partial charge in [0.05, 0.1) is 0 Å². The van der Waals surface area contributed by atoms with Gasteiger partial charge in [-0.2, -0.15) is 11.8 Å². The van der Waals surface area contributed by atoms with Crippen LogP contribution in [0.2, 0.25) is 0 Å². The maximum Gasteiger partial charge on any atom is 0.242 e. The van der Waals surface area contributed by atoms with Gasteiger partial charge in [0, 0.05) is 35.5 Å². The summed E-state index contributed by atoms with van der Waals surface area (Å²) in [6, 6.07) is 17.6. The van der Waals surface area contributed by atoms with E-state index in [-0.39, 0.29) is 11.8 Å². The molecule has 0 bridgehead atoms. The quantitative estimate of drug-likeness (QED) is 0.404. The minimum absolute atomic E-state index is 0.0108. The van der Waals surface area contributed by atoms with Crippen LogP contribution in [-0.2, 0) is 21.9 Å². The minimum Gasteiger partial charge on any atom is -0.354 e. The third kappa shape index (κ3) is 8.52. The fourth-order valence-electron chi connectivity index (χ4n) is 2.97. The van der Waals surface area contributed by atoms with Crippen LogP contribution in [0.1, 0.15) is 44.2 Å². The molecule has 162 valence electrons. The topological polar surface area (TPSA) is 49.4 Å². The molecule has 0 aliphatic rings. The Morgan fingerprint density at radius 2 is 1.77 bits per heavy atom. The molecule has 1 N–H and O–H groups in total. The average molecular weight is 491 g/mol. The minimum atomic E-state index is -0.503. The first-order valence-corrected chi connectivity index (χ1v) is 12.4. The molecule has 0 aliphatic carbocycles. The lowest BCUT2D eigenvalue weighted by atomic mass is 10.1. The first kappa shape index (κ1) is 24.5. The van der Waals surface area contributed by atoms with Crippen molar-refractivity contribution < 1.29 is 9.59 Å². The summed E-state index contributed by atoms with van der Waals surface area (Å²) >= 11 is 5.18. The molecule has 0 saturated heterocycles. The monoisotopic (exact) mass is 490 g/mol.